The Bertz CT molecular complexity index is 328. The molecule has 14 heavy (non-hydrogen) atoms. The van der Waals surface area contributed by atoms with Gasteiger partial charge in [-0.15, -0.1) is 0 Å². The van der Waals surface area contributed by atoms with E-state index in [-0.39, 0.29) is 5.91 Å². The monoisotopic (exact) mass is 304 g/mol. The smallest absolute Gasteiger partial charge is 0.241 e. The van der Waals surface area contributed by atoms with Crippen LogP contribution in [0.25, 0.3) is 0 Å². The molecular weight excluding hydrogens is 291 g/mol. The van der Waals surface area contributed by atoms with Gasteiger partial charge in [-0.1, -0.05) is 13.0 Å². The van der Waals surface area contributed by atoms with Gasteiger partial charge in [0.2, 0.25) is 5.91 Å². The summed E-state index contributed by atoms with van der Waals surface area (Å²) in [7, 11) is 0. The van der Waals surface area contributed by atoms with Crippen molar-refractivity contribution in [2.24, 2.45) is 5.73 Å². The Morgan fingerprint density at radius 3 is 2.93 bits per heavy atom. The van der Waals surface area contributed by atoms with E-state index in [0.29, 0.717) is 6.42 Å². The molecule has 0 radical (unpaired) electrons. The van der Waals surface area contributed by atoms with Crippen LogP contribution in [0.4, 0.5) is 5.69 Å². The van der Waals surface area contributed by atoms with Crippen molar-refractivity contribution in [1.29, 1.82) is 0 Å². The SMILES string of the molecule is CC[C@H](N)C(=O)Nc1cccc(I)c1. The molecule has 0 aromatic heterocycles. The predicted molar refractivity (Wildman–Crippen MR) is 66.1 cm³/mol. The van der Waals surface area contributed by atoms with Crippen LogP contribution in [0.15, 0.2) is 24.3 Å². The molecule has 0 heterocycles. The zero-order chi connectivity index (χ0) is 10.6. The molecule has 0 saturated heterocycles. The molecule has 0 aliphatic rings. The molecule has 1 rings (SSSR count). The van der Waals surface area contributed by atoms with Gasteiger partial charge in [-0.05, 0) is 47.2 Å². The van der Waals surface area contributed by atoms with Crippen molar-refractivity contribution in [3.8, 4) is 0 Å². The summed E-state index contributed by atoms with van der Waals surface area (Å²) in [6, 6.07) is 7.20. The Morgan fingerprint density at radius 1 is 1.64 bits per heavy atom. The standard InChI is InChI=1S/C10H13IN2O/c1-2-9(12)10(14)13-8-5-3-4-7(11)6-8/h3-6,9H,2,12H2,1H3,(H,13,14)/t9-/m0/s1. The second-order valence-electron chi connectivity index (χ2n) is 3.01. The summed E-state index contributed by atoms with van der Waals surface area (Å²) < 4.78 is 1.09. The van der Waals surface area contributed by atoms with E-state index in [4.69, 9.17) is 5.73 Å². The number of carbonyl (C=O) groups excluding carboxylic acids is 1. The number of hydrogen-bond donors (Lipinski definition) is 2. The minimum atomic E-state index is -0.423. The van der Waals surface area contributed by atoms with Gasteiger partial charge < -0.3 is 11.1 Å². The van der Waals surface area contributed by atoms with Crippen molar-refractivity contribution in [3.05, 3.63) is 27.8 Å². The number of benzene rings is 1. The zero-order valence-corrected chi connectivity index (χ0v) is 10.1. The average molecular weight is 304 g/mol. The predicted octanol–water partition coefficient (Wildman–Crippen LogP) is 1.97. The van der Waals surface area contributed by atoms with Crippen LogP contribution < -0.4 is 11.1 Å². The molecule has 76 valence electrons. The molecule has 0 aliphatic heterocycles. The maximum atomic E-state index is 11.4. The number of anilines is 1. The summed E-state index contributed by atoms with van der Waals surface area (Å²) in [6.45, 7) is 1.89. The summed E-state index contributed by atoms with van der Waals surface area (Å²) >= 11 is 2.20. The van der Waals surface area contributed by atoms with Gasteiger partial charge in [0.15, 0.2) is 0 Å². The van der Waals surface area contributed by atoms with E-state index in [1.54, 1.807) is 0 Å². The lowest BCUT2D eigenvalue weighted by Crippen LogP contribution is -2.34. The van der Waals surface area contributed by atoms with Crippen molar-refractivity contribution in [2.45, 2.75) is 19.4 Å². The minimum Gasteiger partial charge on any atom is -0.325 e. The van der Waals surface area contributed by atoms with Crippen molar-refractivity contribution in [2.75, 3.05) is 5.32 Å². The van der Waals surface area contributed by atoms with E-state index in [0.717, 1.165) is 9.26 Å². The van der Waals surface area contributed by atoms with Crippen molar-refractivity contribution in [1.82, 2.24) is 0 Å². The first-order chi connectivity index (χ1) is 6.63. The van der Waals surface area contributed by atoms with Crippen LogP contribution in [-0.2, 0) is 4.79 Å². The average Bonchev–Trinajstić information content (AvgIpc) is 2.16. The van der Waals surface area contributed by atoms with E-state index in [2.05, 4.69) is 27.9 Å². The van der Waals surface area contributed by atoms with Gasteiger partial charge in [0, 0.05) is 9.26 Å². The lowest BCUT2D eigenvalue weighted by molar-refractivity contribution is -0.117. The first-order valence-corrected chi connectivity index (χ1v) is 5.53. The largest absolute Gasteiger partial charge is 0.325 e. The molecule has 0 fully saturated rings. The highest BCUT2D eigenvalue weighted by atomic mass is 127. The fourth-order valence-corrected chi connectivity index (χ4v) is 1.53. The Balaban J connectivity index is 2.65. The van der Waals surface area contributed by atoms with Crippen LogP contribution in [0.1, 0.15) is 13.3 Å². The Labute approximate surface area is 97.2 Å². The zero-order valence-electron chi connectivity index (χ0n) is 7.96. The molecule has 0 unspecified atom stereocenters. The third kappa shape index (κ3) is 3.26. The highest BCUT2D eigenvalue weighted by Gasteiger charge is 2.10. The number of nitrogens with two attached hydrogens (primary N) is 1. The molecule has 1 aromatic carbocycles. The summed E-state index contributed by atoms with van der Waals surface area (Å²) in [5, 5.41) is 2.76. The molecule has 0 bridgehead atoms. The lowest BCUT2D eigenvalue weighted by Gasteiger charge is -2.09. The topological polar surface area (TPSA) is 55.1 Å². The fraction of sp³-hybridized carbons (Fsp3) is 0.300. The van der Waals surface area contributed by atoms with Gasteiger partial charge in [0.05, 0.1) is 6.04 Å². The van der Waals surface area contributed by atoms with Crippen LogP contribution in [0.2, 0.25) is 0 Å². The Kier molecular flexibility index (Phi) is 4.34. The van der Waals surface area contributed by atoms with E-state index < -0.39 is 6.04 Å². The first-order valence-electron chi connectivity index (χ1n) is 4.45. The molecule has 0 saturated carbocycles. The summed E-state index contributed by atoms with van der Waals surface area (Å²) in [4.78, 5) is 11.4. The van der Waals surface area contributed by atoms with Crippen LogP contribution in [0.3, 0.4) is 0 Å². The first kappa shape index (κ1) is 11.5. The van der Waals surface area contributed by atoms with E-state index in [1.165, 1.54) is 0 Å². The number of hydrogen-bond acceptors (Lipinski definition) is 2. The van der Waals surface area contributed by atoms with Gasteiger partial charge in [-0.25, -0.2) is 0 Å². The summed E-state index contributed by atoms with van der Waals surface area (Å²) in [6.07, 6.45) is 0.649. The van der Waals surface area contributed by atoms with Gasteiger partial charge in [0.1, 0.15) is 0 Å². The van der Waals surface area contributed by atoms with Crippen molar-refractivity contribution < 1.29 is 4.79 Å². The number of amides is 1. The maximum Gasteiger partial charge on any atom is 0.241 e. The Morgan fingerprint density at radius 2 is 2.36 bits per heavy atom. The second kappa shape index (κ2) is 5.31. The minimum absolute atomic E-state index is 0.130. The van der Waals surface area contributed by atoms with Gasteiger partial charge in [0.25, 0.3) is 0 Å². The molecule has 1 aromatic rings. The van der Waals surface area contributed by atoms with Gasteiger partial charge >= 0.3 is 0 Å². The number of nitrogens with one attached hydrogen (secondary N) is 1. The van der Waals surface area contributed by atoms with Crippen LogP contribution >= 0.6 is 22.6 Å². The highest BCUT2D eigenvalue weighted by Crippen LogP contribution is 2.12. The Hall–Kier alpha value is -0.620. The molecule has 1 amide bonds. The fourth-order valence-electron chi connectivity index (χ4n) is 0.987. The van der Waals surface area contributed by atoms with E-state index >= 15 is 0 Å². The third-order valence-corrected chi connectivity index (χ3v) is 2.54. The molecule has 1 atom stereocenters. The highest BCUT2D eigenvalue weighted by molar-refractivity contribution is 14.1. The molecule has 3 nitrogen and oxygen atoms in total. The van der Waals surface area contributed by atoms with E-state index in [1.807, 2.05) is 31.2 Å². The molecule has 3 N–H and O–H groups in total. The number of rotatable bonds is 3. The summed E-state index contributed by atoms with van der Waals surface area (Å²) in [5.74, 6) is -0.130. The van der Waals surface area contributed by atoms with E-state index in [9.17, 15) is 4.79 Å². The third-order valence-electron chi connectivity index (χ3n) is 1.87. The molecule has 4 heteroatoms. The van der Waals surface area contributed by atoms with Crippen LogP contribution in [-0.4, -0.2) is 11.9 Å². The van der Waals surface area contributed by atoms with Crippen molar-refractivity contribution in [3.63, 3.8) is 0 Å². The molecular formula is C10H13IN2O. The summed E-state index contributed by atoms with van der Waals surface area (Å²) in [5.41, 5.74) is 6.39. The van der Waals surface area contributed by atoms with Gasteiger partial charge in [-0.3, -0.25) is 4.79 Å². The second-order valence-corrected chi connectivity index (χ2v) is 4.26. The normalized spacial score (nSPS) is 12.2. The molecule has 0 aliphatic carbocycles. The van der Waals surface area contributed by atoms with Crippen LogP contribution in [0, 0.1) is 3.57 Å². The van der Waals surface area contributed by atoms with Crippen molar-refractivity contribution >= 4 is 34.2 Å². The number of halogens is 1. The maximum absolute atomic E-state index is 11.4. The molecule has 0 spiro atoms. The van der Waals surface area contributed by atoms with Gasteiger partial charge in [-0.2, -0.15) is 0 Å². The quantitative estimate of drug-likeness (QED) is 0.839. The number of carbonyl (C=O) groups is 1. The lowest BCUT2D eigenvalue weighted by atomic mass is 10.2. The van der Waals surface area contributed by atoms with Crippen LogP contribution in [0.5, 0.6) is 0 Å².